The van der Waals surface area contributed by atoms with Crippen LogP contribution in [0.2, 0.25) is 10.0 Å². The lowest BCUT2D eigenvalue weighted by atomic mass is 10.2. The van der Waals surface area contributed by atoms with Crippen LogP contribution >= 0.6 is 35.0 Å². The number of halogens is 2. The van der Waals surface area contributed by atoms with Gasteiger partial charge in [-0.15, -0.1) is 10.2 Å². The average Bonchev–Trinajstić information content (AvgIpc) is 3.24. The van der Waals surface area contributed by atoms with Gasteiger partial charge in [0.1, 0.15) is 5.75 Å². The first kappa shape index (κ1) is 22.8. The van der Waals surface area contributed by atoms with Crippen LogP contribution in [0.15, 0.2) is 83.1 Å². The number of thioether (sulfide) groups is 1. The molecule has 0 aliphatic carbocycles. The third kappa shape index (κ3) is 5.73. The summed E-state index contributed by atoms with van der Waals surface area (Å²) in [6.07, 6.45) is 1.38. The number of aromatic nitrogens is 3. The van der Waals surface area contributed by atoms with Gasteiger partial charge >= 0.3 is 0 Å². The molecule has 0 spiro atoms. The number of aromatic hydroxyl groups is 1. The second kappa shape index (κ2) is 10.5. The summed E-state index contributed by atoms with van der Waals surface area (Å²) in [6, 6.07) is 21.2. The minimum absolute atomic E-state index is 0.0600. The van der Waals surface area contributed by atoms with Crippen LogP contribution < -0.4 is 5.43 Å². The first-order chi connectivity index (χ1) is 16.0. The fourth-order valence-corrected chi connectivity index (χ4v) is 3.90. The molecule has 0 saturated heterocycles. The van der Waals surface area contributed by atoms with Gasteiger partial charge in [0.25, 0.3) is 5.91 Å². The lowest BCUT2D eigenvalue weighted by Crippen LogP contribution is -2.20. The van der Waals surface area contributed by atoms with Gasteiger partial charge in [0.2, 0.25) is 0 Å². The van der Waals surface area contributed by atoms with Crippen molar-refractivity contribution in [2.45, 2.75) is 5.16 Å². The first-order valence-electron chi connectivity index (χ1n) is 9.71. The predicted molar refractivity (Wildman–Crippen MR) is 131 cm³/mol. The van der Waals surface area contributed by atoms with E-state index >= 15 is 0 Å². The Kier molecular flexibility index (Phi) is 7.29. The van der Waals surface area contributed by atoms with E-state index in [1.54, 1.807) is 48.5 Å². The fourth-order valence-electron chi connectivity index (χ4n) is 2.91. The normalized spacial score (nSPS) is 11.1. The Hall–Kier alpha value is -3.33. The van der Waals surface area contributed by atoms with E-state index in [2.05, 4.69) is 20.7 Å². The Bertz CT molecular complexity index is 1290. The van der Waals surface area contributed by atoms with Crippen LogP contribution in [0.25, 0.3) is 17.1 Å². The summed E-state index contributed by atoms with van der Waals surface area (Å²) in [5, 5.41) is 24.0. The molecule has 1 aromatic heterocycles. The van der Waals surface area contributed by atoms with E-state index in [4.69, 9.17) is 23.2 Å². The van der Waals surface area contributed by atoms with E-state index in [0.717, 1.165) is 11.3 Å². The SMILES string of the molecule is O=C(CSc1nnc(-c2ccc(Cl)cc2)n1-c1ccc(Cl)cc1)NN=Cc1ccccc1O. The Morgan fingerprint density at radius 1 is 1.00 bits per heavy atom. The van der Waals surface area contributed by atoms with E-state index in [9.17, 15) is 9.90 Å². The van der Waals surface area contributed by atoms with Crippen molar-refractivity contribution in [3.8, 4) is 22.8 Å². The molecule has 2 N–H and O–H groups in total. The molecular formula is C23H17Cl2N5O2S. The molecule has 10 heteroatoms. The van der Waals surface area contributed by atoms with Crippen molar-refractivity contribution in [3.63, 3.8) is 0 Å². The number of para-hydroxylation sites is 1. The molecule has 0 fully saturated rings. The summed E-state index contributed by atoms with van der Waals surface area (Å²) < 4.78 is 1.85. The van der Waals surface area contributed by atoms with Gasteiger partial charge in [0, 0.05) is 26.9 Å². The summed E-state index contributed by atoms with van der Waals surface area (Å²) in [6.45, 7) is 0. The number of phenols is 1. The lowest BCUT2D eigenvalue weighted by molar-refractivity contribution is -0.118. The van der Waals surface area contributed by atoms with Crippen LogP contribution in [0.4, 0.5) is 0 Å². The highest BCUT2D eigenvalue weighted by Crippen LogP contribution is 2.29. The van der Waals surface area contributed by atoms with Gasteiger partial charge in [-0.05, 0) is 60.7 Å². The third-order valence-electron chi connectivity index (χ3n) is 4.48. The molecule has 0 unspecified atom stereocenters. The van der Waals surface area contributed by atoms with Crippen molar-refractivity contribution < 1.29 is 9.90 Å². The van der Waals surface area contributed by atoms with Crippen LogP contribution in [0.3, 0.4) is 0 Å². The van der Waals surface area contributed by atoms with E-state index in [1.807, 2.05) is 28.8 Å². The highest BCUT2D eigenvalue weighted by atomic mass is 35.5. The third-order valence-corrected chi connectivity index (χ3v) is 5.92. The zero-order valence-corrected chi connectivity index (χ0v) is 19.3. The maximum atomic E-state index is 12.3. The van der Waals surface area contributed by atoms with Gasteiger partial charge in [-0.2, -0.15) is 5.10 Å². The summed E-state index contributed by atoms with van der Waals surface area (Å²) in [5.41, 5.74) is 4.57. The van der Waals surface area contributed by atoms with Crippen LogP contribution in [-0.2, 0) is 4.79 Å². The van der Waals surface area contributed by atoms with Gasteiger partial charge < -0.3 is 5.11 Å². The molecule has 0 aliphatic rings. The molecule has 3 aromatic carbocycles. The van der Waals surface area contributed by atoms with Gasteiger partial charge in [0.15, 0.2) is 11.0 Å². The smallest absolute Gasteiger partial charge is 0.250 e. The van der Waals surface area contributed by atoms with Gasteiger partial charge in [-0.3, -0.25) is 9.36 Å². The lowest BCUT2D eigenvalue weighted by Gasteiger charge is -2.10. The number of hydrazone groups is 1. The van der Waals surface area contributed by atoms with Crippen molar-refractivity contribution in [2.75, 3.05) is 5.75 Å². The average molecular weight is 498 g/mol. The highest BCUT2D eigenvalue weighted by Gasteiger charge is 2.17. The zero-order chi connectivity index (χ0) is 23.2. The number of hydrogen-bond donors (Lipinski definition) is 2. The maximum Gasteiger partial charge on any atom is 0.250 e. The van der Waals surface area contributed by atoms with Crippen LogP contribution in [-0.4, -0.2) is 37.7 Å². The molecule has 1 amide bonds. The van der Waals surface area contributed by atoms with Crippen LogP contribution in [0, 0.1) is 0 Å². The fraction of sp³-hybridized carbons (Fsp3) is 0.0435. The number of benzene rings is 3. The second-order valence-corrected chi connectivity index (χ2v) is 8.58. The summed E-state index contributed by atoms with van der Waals surface area (Å²) in [5.74, 6) is 0.417. The Balaban J connectivity index is 1.52. The minimum atomic E-state index is -0.328. The number of carbonyl (C=O) groups is 1. The Morgan fingerprint density at radius 2 is 1.67 bits per heavy atom. The standard InChI is InChI=1S/C23H17Cl2N5O2S/c24-17-7-5-15(6-8-17)22-28-29-23(30(22)19-11-9-18(25)10-12-19)33-14-21(32)27-26-13-16-3-1-2-4-20(16)31/h1-13,31H,14H2,(H,27,32). The molecule has 33 heavy (non-hydrogen) atoms. The summed E-state index contributed by atoms with van der Waals surface area (Å²) in [4.78, 5) is 12.3. The molecular weight excluding hydrogens is 481 g/mol. The predicted octanol–water partition coefficient (Wildman–Crippen LogP) is 5.19. The Morgan fingerprint density at radius 3 is 2.36 bits per heavy atom. The number of rotatable bonds is 7. The van der Waals surface area contributed by atoms with Crippen molar-refractivity contribution in [1.82, 2.24) is 20.2 Å². The van der Waals surface area contributed by atoms with Gasteiger partial charge in [0.05, 0.1) is 12.0 Å². The Labute approximate surface area is 204 Å². The number of nitrogens with zero attached hydrogens (tertiary/aromatic N) is 4. The van der Waals surface area contributed by atoms with Crippen molar-refractivity contribution in [2.24, 2.45) is 5.10 Å². The largest absolute Gasteiger partial charge is 0.507 e. The van der Waals surface area contributed by atoms with Gasteiger partial charge in [-0.25, -0.2) is 5.43 Å². The first-order valence-corrected chi connectivity index (χ1v) is 11.5. The number of phenolic OH excluding ortho intramolecular Hbond substituents is 1. The van der Waals surface area contributed by atoms with Crippen molar-refractivity contribution >= 4 is 47.1 Å². The number of carbonyl (C=O) groups excluding carboxylic acids is 1. The summed E-state index contributed by atoms with van der Waals surface area (Å²) in [7, 11) is 0. The number of nitrogens with one attached hydrogen (secondary N) is 1. The molecule has 1 heterocycles. The number of amides is 1. The zero-order valence-electron chi connectivity index (χ0n) is 17.0. The molecule has 0 atom stereocenters. The summed E-state index contributed by atoms with van der Waals surface area (Å²) >= 11 is 13.3. The topological polar surface area (TPSA) is 92.4 Å². The quantitative estimate of drug-likeness (QED) is 0.208. The van der Waals surface area contributed by atoms with E-state index in [0.29, 0.717) is 26.6 Å². The van der Waals surface area contributed by atoms with E-state index in [-0.39, 0.29) is 17.4 Å². The van der Waals surface area contributed by atoms with Gasteiger partial charge in [-0.1, -0.05) is 47.1 Å². The van der Waals surface area contributed by atoms with E-state index < -0.39 is 0 Å². The molecule has 0 aliphatic heterocycles. The highest BCUT2D eigenvalue weighted by molar-refractivity contribution is 7.99. The van der Waals surface area contributed by atoms with E-state index in [1.165, 1.54) is 18.0 Å². The molecule has 7 nitrogen and oxygen atoms in total. The molecule has 0 radical (unpaired) electrons. The monoisotopic (exact) mass is 497 g/mol. The van der Waals surface area contributed by atoms with Crippen molar-refractivity contribution in [3.05, 3.63) is 88.4 Å². The van der Waals surface area contributed by atoms with Crippen molar-refractivity contribution in [1.29, 1.82) is 0 Å². The molecule has 4 aromatic rings. The molecule has 0 bridgehead atoms. The van der Waals surface area contributed by atoms with Crippen LogP contribution in [0.1, 0.15) is 5.56 Å². The maximum absolute atomic E-state index is 12.3. The molecule has 0 saturated carbocycles. The molecule has 4 rings (SSSR count). The van der Waals surface area contributed by atoms with Crippen LogP contribution in [0.5, 0.6) is 5.75 Å². The number of hydrogen-bond acceptors (Lipinski definition) is 6. The second-order valence-electron chi connectivity index (χ2n) is 6.77. The molecule has 166 valence electrons. The minimum Gasteiger partial charge on any atom is -0.507 e.